The number of benzene rings is 4. The molecule has 6 rings (SSSR count). The molecule has 0 saturated heterocycles. The van der Waals surface area contributed by atoms with Crippen molar-refractivity contribution in [3.8, 4) is 22.3 Å². The van der Waals surface area contributed by atoms with Gasteiger partial charge < -0.3 is 0 Å². The zero-order valence-electron chi connectivity index (χ0n) is 32.5. The summed E-state index contributed by atoms with van der Waals surface area (Å²) in [6.45, 7) is 22.6. The maximum Gasteiger partial charge on any atom is 2.00 e. The van der Waals surface area contributed by atoms with E-state index < -0.39 is 0 Å². The third-order valence-corrected chi connectivity index (χ3v) is 8.78. The predicted octanol–water partition coefficient (Wildman–Crippen LogP) is 14.0. The van der Waals surface area contributed by atoms with E-state index in [1.165, 1.54) is 66.1 Å². The Balaban J connectivity index is 0.000000246. The second-order valence-electron chi connectivity index (χ2n) is 15.6. The number of hydrogen-bond donors (Lipinski definition) is 0. The van der Waals surface area contributed by atoms with Crippen molar-refractivity contribution in [3.63, 3.8) is 0 Å². The molecule has 0 unspecified atom stereocenters. The van der Waals surface area contributed by atoms with E-state index in [1.54, 1.807) is 0 Å². The molecule has 6 aromatic rings. The largest absolute Gasteiger partial charge is 2.00 e. The summed E-state index contributed by atoms with van der Waals surface area (Å²) in [7, 11) is 1.08. The average Bonchev–Trinajstić information content (AvgIpc) is 3.64. The average molecular weight is 756 g/mol. The summed E-state index contributed by atoms with van der Waals surface area (Å²) in [5, 5.41) is 5.55. The molecule has 0 N–H and O–H groups in total. The first-order valence-corrected chi connectivity index (χ1v) is 20.6. The van der Waals surface area contributed by atoms with Crippen molar-refractivity contribution in [1.82, 2.24) is 0 Å². The smallest absolute Gasteiger partial charge is 0.164 e. The van der Waals surface area contributed by atoms with Crippen molar-refractivity contribution in [1.29, 1.82) is 0 Å². The van der Waals surface area contributed by atoms with Crippen LogP contribution in [-0.4, -0.2) is 9.52 Å². The van der Waals surface area contributed by atoms with Crippen molar-refractivity contribution in [3.05, 3.63) is 131 Å². The first-order chi connectivity index (χ1) is 23.5. The molecule has 6 aromatic carbocycles. The monoisotopic (exact) mass is 754 g/mol. The first-order valence-electron chi connectivity index (χ1n) is 18.6. The van der Waals surface area contributed by atoms with E-state index in [2.05, 4.69) is 178 Å². The van der Waals surface area contributed by atoms with E-state index in [1.807, 2.05) is 0 Å². The summed E-state index contributed by atoms with van der Waals surface area (Å²) in [6, 6.07) is 40.7. The molecule has 0 bridgehead atoms. The molecule has 2 radical (unpaired) electrons. The minimum Gasteiger partial charge on any atom is -0.164 e. The predicted molar refractivity (Wildman–Crippen MR) is 222 cm³/mol. The first kappa shape index (κ1) is 41.6. The quantitative estimate of drug-likeness (QED) is 0.0965. The van der Waals surface area contributed by atoms with Gasteiger partial charge in [0.1, 0.15) is 0 Å². The summed E-state index contributed by atoms with van der Waals surface area (Å²) in [5.41, 5.74) is 11.4. The van der Waals surface area contributed by atoms with Gasteiger partial charge in [-0.3, -0.25) is 0 Å². The van der Waals surface area contributed by atoms with Gasteiger partial charge in [-0.05, 0) is 71.6 Å². The van der Waals surface area contributed by atoms with Gasteiger partial charge in [-0.15, -0.1) is 69.1 Å². The van der Waals surface area contributed by atoms with Crippen molar-refractivity contribution in [2.45, 2.75) is 94.2 Å². The van der Waals surface area contributed by atoms with Gasteiger partial charge >= 0.3 is 26.2 Å². The van der Waals surface area contributed by atoms with E-state index in [-0.39, 0.29) is 26.2 Å². The second kappa shape index (κ2) is 20.3. The fraction of sp³-hybridized carbons (Fsp3) is 0.375. The zero-order chi connectivity index (χ0) is 35.5. The minimum atomic E-state index is 0. The number of hydrogen-bond acceptors (Lipinski definition) is 0. The fourth-order valence-corrected chi connectivity index (χ4v) is 7.04. The van der Waals surface area contributed by atoms with Crippen LogP contribution in [0.5, 0.6) is 0 Å². The van der Waals surface area contributed by atoms with Crippen LogP contribution >= 0.6 is 0 Å². The normalized spacial score (nSPS) is 11.2. The summed E-state index contributed by atoms with van der Waals surface area (Å²) in [6.07, 6.45) is 4.57. The second-order valence-corrected chi connectivity index (χ2v) is 16.6. The van der Waals surface area contributed by atoms with Crippen LogP contribution in [-0.2, 0) is 51.9 Å². The molecule has 0 fully saturated rings. The molecule has 0 aliphatic carbocycles. The molecule has 0 aliphatic heterocycles. The van der Waals surface area contributed by atoms with Gasteiger partial charge in [0.25, 0.3) is 0 Å². The summed E-state index contributed by atoms with van der Waals surface area (Å²) >= 11 is 0. The molecule has 0 saturated carbocycles. The Kier molecular flexibility index (Phi) is 16.9. The van der Waals surface area contributed by atoms with Crippen LogP contribution in [0.25, 0.3) is 43.8 Å². The minimum absolute atomic E-state index is 0. The van der Waals surface area contributed by atoms with Crippen LogP contribution in [0.3, 0.4) is 0 Å². The molecule has 2 heteroatoms. The molecule has 0 spiro atoms. The van der Waals surface area contributed by atoms with E-state index in [9.17, 15) is 0 Å². The zero-order valence-corrected chi connectivity index (χ0v) is 36.0. The maximum absolute atomic E-state index is 2.40. The number of fused-ring (bicyclic) bond motifs is 2. The molecular weight excluding hydrogens is 696 g/mol. The van der Waals surface area contributed by atoms with Gasteiger partial charge in [0, 0.05) is 9.52 Å². The van der Waals surface area contributed by atoms with Crippen molar-refractivity contribution < 1.29 is 26.2 Å². The van der Waals surface area contributed by atoms with E-state index in [4.69, 9.17) is 0 Å². The Morgan fingerprint density at radius 2 is 0.760 bits per heavy atom. The fourth-order valence-electron chi connectivity index (χ4n) is 7.04. The van der Waals surface area contributed by atoms with Crippen molar-refractivity contribution in [2.75, 3.05) is 0 Å². The molecule has 0 nitrogen and oxygen atoms in total. The van der Waals surface area contributed by atoms with Crippen LogP contribution in [0.4, 0.5) is 0 Å². The van der Waals surface area contributed by atoms with Crippen LogP contribution in [0.1, 0.15) is 77.6 Å². The summed E-state index contributed by atoms with van der Waals surface area (Å²) < 4.78 is 0. The van der Waals surface area contributed by atoms with Gasteiger partial charge in [-0.25, -0.2) is 0 Å². The third kappa shape index (κ3) is 11.6. The Labute approximate surface area is 326 Å². The van der Waals surface area contributed by atoms with Crippen LogP contribution < -0.4 is 0 Å². The van der Waals surface area contributed by atoms with Crippen LogP contribution in [0.2, 0.25) is 13.1 Å². The molecule has 0 aromatic heterocycles. The van der Waals surface area contributed by atoms with Gasteiger partial charge in [-0.1, -0.05) is 140 Å². The molecule has 260 valence electrons. The Hall–Kier alpha value is -2.80. The van der Waals surface area contributed by atoms with E-state index in [0.29, 0.717) is 23.7 Å². The third-order valence-electron chi connectivity index (χ3n) is 8.78. The Morgan fingerprint density at radius 3 is 1.10 bits per heavy atom. The van der Waals surface area contributed by atoms with Crippen LogP contribution in [0.15, 0.2) is 109 Å². The molecule has 0 amide bonds. The van der Waals surface area contributed by atoms with Gasteiger partial charge in [0.05, 0.1) is 0 Å². The van der Waals surface area contributed by atoms with Gasteiger partial charge in [0.15, 0.2) is 0 Å². The molecular formula is C48H60SiZr. The van der Waals surface area contributed by atoms with Gasteiger partial charge in [-0.2, -0.15) is 12.1 Å². The summed E-state index contributed by atoms with van der Waals surface area (Å²) in [5.74, 6) is 2.74. The number of rotatable bonds is 10. The summed E-state index contributed by atoms with van der Waals surface area (Å²) in [4.78, 5) is 0. The van der Waals surface area contributed by atoms with Crippen molar-refractivity contribution in [2.24, 2.45) is 23.7 Å². The van der Waals surface area contributed by atoms with Crippen molar-refractivity contribution >= 4 is 31.1 Å². The Bertz CT molecular complexity index is 1740. The van der Waals surface area contributed by atoms with E-state index in [0.717, 1.165) is 35.2 Å². The standard InChI is InChI=1S/2C23H27.C2H6Si.Zr/c2*1-16(2)12-18-14-20-9-7-11-22(23(20)15-18)21-10-6-5-8-19(21)13-17(3)4;1-3-2;/h2*5-11,14-17H,12-13H2,1-4H3;1-2H3;/q2*-1;;+2. The SMILES string of the molecule is CC(C)Cc1cc2c(-c3ccccc3CC(C)C)cccc2[cH-]1.CC(C)Cc1cc2c(-c3ccccc3CC(C)C)cccc2[cH-]1.C[Si]C.[Zr+2]. The molecule has 0 aliphatic rings. The molecule has 0 atom stereocenters. The van der Waals surface area contributed by atoms with Crippen LogP contribution in [0, 0.1) is 23.7 Å². The molecule has 0 heterocycles. The van der Waals surface area contributed by atoms with E-state index >= 15 is 0 Å². The Morgan fingerprint density at radius 1 is 0.440 bits per heavy atom. The molecule has 50 heavy (non-hydrogen) atoms. The maximum atomic E-state index is 2.40. The topological polar surface area (TPSA) is 0 Å². The van der Waals surface area contributed by atoms with Gasteiger partial charge in [0.2, 0.25) is 0 Å².